The van der Waals surface area contributed by atoms with Gasteiger partial charge in [-0.2, -0.15) is 0 Å². The Morgan fingerprint density at radius 2 is 1.92 bits per heavy atom. The van der Waals surface area contributed by atoms with Gasteiger partial charge in [-0.05, 0) is 25.2 Å². The molecule has 25 heavy (non-hydrogen) atoms. The predicted octanol–water partition coefficient (Wildman–Crippen LogP) is 2.13. The van der Waals surface area contributed by atoms with E-state index in [0.29, 0.717) is 12.2 Å². The van der Waals surface area contributed by atoms with Gasteiger partial charge in [-0.3, -0.25) is 19.8 Å². The number of nitrogens with zero attached hydrogens (tertiary/aromatic N) is 3. The maximum atomic E-state index is 12.3. The number of hydrogen-bond acceptors (Lipinski definition) is 6. The van der Waals surface area contributed by atoms with Gasteiger partial charge in [0.25, 0.3) is 11.6 Å². The number of anilines is 1. The van der Waals surface area contributed by atoms with E-state index in [-0.39, 0.29) is 35.8 Å². The van der Waals surface area contributed by atoms with E-state index >= 15 is 0 Å². The van der Waals surface area contributed by atoms with Crippen LogP contribution in [-0.4, -0.2) is 62.8 Å². The van der Waals surface area contributed by atoms with Crippen molar-refractivity contribution in [2.45, 2.75) is 20.1 Å². The van der Waals surface area contributed by atoms with Gasteiger partial charge < -0.3 is 15.0 Å². The minimum Gasteiger partial charge on any atom is -0.372 e. The minimum absolute atomic E-state index is 0. The Bertz CT molecular complexity index is 579. The molecule has 0 aromatic heterocycles. The third kappa shape index (κ3) is 6.15. The molecule has 1 N–H and O–H groups in total. The number of nitro benzene ring substituents is 1. The Morgan fingerprint density at radius 3 is 2.36 bits per heavy atom. The Morgan fingerprint density at radius 1 is 1.32 bits per heavy atom. The van der Waals surface area contributed by atoms with Crippen LogP contribution in [0.1, 0.15) is 24.2 Å². The lowest BCUT2D eigenvalue weighted by atomic mass is 10.1. The van der Waals surface area contributed by atoms with Gasteiger partial charge in [0.05, 0.1) is 11.5 Å². The Labute approximate surface area is 154 Å². The van der Waals surface area contributed by atoms with Crippen molar-refractivity contribution in [1.29, 1.82) is 0 Å². The van der Waals surface area contributed by atoms with Crippen LogP contribution in [0.15, 0.2) is 18.2 Å². The smallest absolute Gasteiger partial charge is 0.293 e. The van der Waals surface area contributed by atoms with Gasteiger partial charge in [-0.25, -0.2) is 0 Å². The van der Waals surface area contributed by atoms with E-state index in [4.69, 9.17) is 4.74 Å². The second-order valence-corrected chi connectivity index (χ2v) is 5.48. The summed E-state index contributed by atoms with van der Waals surface area (Å²) in [7, 11) is 5.02. The second-order valence-electron chi connectivity index (χ2n) is 5.48. The van der Waals surface area contributed by atoms with E-state index < -0.39 is 4.92 Å². The highest BCUT2D eigenvalue weighted by Gasteiger charge is 2.20. The monoisotopic (exact) mass is 374 g/mol. The van der Waals surface area contributed by atoms with Crippen molar-refractivity contribution >= 4 is 29.7 Å². The lowest BCUT2D eigenvalue weighted by Gasteiger charge is -2.28. The molecule has 142 valence electrons. The average molecular weight is 375 g/mol. The summed E-state index contributed by atoms with van der Waals surface area (Å²) in [5, 5.41) is 14.0. The first-order valence-electron chi connectivity index (χ1n) is 7.86. The summed E-state index contributed by atoms with van der Waals surface area (Å²) in [6.45, 7) is 5.93. The third-order valence-electron chi connectivity index (χ3n) is 3.85. The molecule has 1 unspecified atom stereocenters. The van der Waals surface area contributed by atoms with Crippen LogP contribution in [0.3, 0.4) is 0 Å². The summed E-state index contributed by atoms with van der Waals surface area (Å²) in [5.41, 5.74) is 0.607. The summed E-state index contributed by atoms with van der Waals surface area (Å²) in [6, 6.07) is 4.45. The fourth-order valence-electron chi connectivity index (χ4n) is 2.46. The van der Waals surface area contributed by atoms with Crippen molar-refractivity contribution in [2.75, 3.05) is 45.7 Å². The number of ether oxygens (including phenoxy) is 1. The Kier molecular flexibility index (Phi) is 10.0. The highest BCUT2D eigenvalue weighted by atomic mass is 35.5. The number of rotatable bonds is 9. The molecule has 0 fully saturated rings. The van der Waals surface area contributed by atoms with E-state index in [1.54, 1.807) is 38.2 Å². The molecule has 0 bridgehead atoms. The molecule has 1 atom stereocenters. The molecule has 0 saturated carbocycles. The highest BCUT2D eigenvalue weighted by Crippen LogP contribution is 2.27. The molecule has 1 rings (SSSR count). The molecule has 1 aromatic carbocycles. The van der Waals surface area contributed by atoms with Crippen molar-refractivity contribution in [2.24, 2.45) is 0 Å². The van der Waals surface area contributed by atoms with E-state index in [1.807, 2.05) is 13.8 Å². The molecule has 0 radical (unpaired) electrons. The number of halogens is 1. The molecule has 0 aliphatic heterocycles. The van der Waals surface area contributed by atoms with Gasteiger partial charge in [0, 0.05) is 32.8 Å². The van der Waals surface area contributed by atoms with Gasteiger partial charge >= 0.3 is 0 Å². The maximum Gasteiger partial charge on any atom is 0.293 e. The molecule has 0 spiro atoms. The average Bonchev–Trinajstić information content (AvgIpc) is 2.57. The van der Waals surface area contributed by atoms with Crippen LogP contribution in [0.5, 0.6) is 0 Å². The Balaban J connectivity index is 0.00000576. The van der Waals surface area contributed by atoms with Crippen molar-refractivity contribution in [1.82, 2.24) is 10.2 Å². The van der Waals surface area contributed by atoms with Gasteiger partial charge in [0.2, 0.25) is 0 Å². The molecule has 0 aliphatic carbocycles. The summed E-state index contributed by atoms with van der Waals surface area (Å²) < 4.78 is 5.39. The number of carbonyl (C=O) groups excluding carboxylic acids is 1. The molecule has 1 aromatic rings. The number of methoxy groups -OCH3 is 1. The van der Waals surface area contributed by atoms with Gasteiger partial charge in [0.15, 0.2) is 0 Å². The molecule has 0 aliphatic rings. The lowest BCUT2D eigenvalue weighted by Crippen LogP contribution is -2.45. The minimum atomic E-state index is -0.486. The molecule has 0 heterocycles. The SMILES string of the molecule is CCN(CC)C(CNC(=O)c1ccc(N(C)C)c([N+](=O)[O-])c1)OC.Cl. The van der Waals surface area contributed by atoms with Crippen LogP contribution >= 0.6 is 12.4 Å². The van der Waals surface area contributed by atoms with Gasteiger partial charge in [-0.1, -0.05) is 13.8 Å². The first-order valence-corrected chi connectivity index (χ1v) is 7.86. The van der Waals surface area contributed by atoms with Crippen molar-refractivity contribution < 1.29 is 14.5 Å². The Hall–Kier alpha value is -1.90. The summed E-state index contributed by atoms with van der Waals surface area (Å²) in [4.78, 5) is 26.7. The zero-order valence-corrected chi connectivity index (χ0v) is 16.1. The lowest BCUT2D eigenvalue weighted by molar-refractivity contribution is -0.384. The van der Waals surface area contributed by atoms with Gasteiger partial charge in [0.1, 0.15) is 11.9 Å². The molecular weight excluding hydrogens is 348 g/mol. The number of nitro groups is 1. The normalized spacial score (nSPS) is 11.6. The van der Waals surface area contributed by atoms with Crippen LogP contribution in [0.4, 0.5) is 11.4 Å². The van der Waals surface area contributed by atoms with Crippen molar-refractivity contribution in [3.05, 3.63) is 33.9 Å². The van der Waals surface area contributed by atoms with E-state index in [9.17, 15) is 14.9 Å². The van der Waals surface area contributed by atoms with Crippen LogP contribution in [0.25, 0.3) is 0 Å². The summed E-state index contributed by atoms with van der Waals surface area (Å²) in [6.07, 6.45) is -0.236. The van der Waals surface area contributed by atoms with E-state index in [0.717, 1.165) is 13.1 Å². The number of nitrogens with one attached hydrogen (secondary N) is 1. The van der Waals surface area contributed by atoms with Crippen LogP contribution in [-0.2, 0) is 4.74 Å². The zero-order valence-electron chi connectivity index (χ0n) is 15.3. The number of hydrogen-bond donors (Lipinski definition) is 1. The molecule has 0 saturated heterocycles. The van der Waals surface area contributed by atoms with Crippen molar-refractivity contribution in [3.8, 4) is 0 Å². The van der Waals surface area contributed by atoms with E-state index in [1.165, 1.54) is 6.07 Å². The molecule has 8 nitrogen and oxygen atoms in total. The molecular formula is C16H27ClN4O4. The number of carbonyl (C=O) groups is 1. The predicted molar refractivity (Wildman–Crippen MR) is 101 cm³/mol. The third-order valence-corrected chi connectivity index (χ3v) is 3.85. The molecule has 1 amide bonds. The first kappa shape index (κ1) is 23.1. The van der Waals surface area contributed by atoms with E-state index in [2.05, 4.69) is 10.2 Å². The van der Waals surface area contributed by atoms with Crippen LogP contribution < -0.4 is 10.2 Å². The fraction of sp³-hybridized carbons (Fsp3) is 0.562. The first-order chi connectivity index (χ1) is 11.3. The number of amides is 1. The quantitative estimate of drug-likeness (QED) is 0.404. The highest BCUT2D eigenvalue weighted by molar-refractivity contribution is 5.95. The zero-order chi connectivity index (χ0) is 18.3. The summed E-state index contributed by atoms with van der Waals surface area (Å²) >= 11 is 0. The van der Waals surface area contributed by atoms with Crippen LogP contribution in [0, 0.1) is 10.1 Å². The number of likely N-dealkylation sites (N-methyl/N-ethyl adjacent to an activating group) is 1. The number of benzene rings is 1. The standard InChI is InChI=1S/C16H26N4O4.ClH/c1-6-19(7-2)15(24-5)11-17-16(21)12-8-9-13(18(3)4)14(10-12)20(22)23;/h8-10,15H,6-7,11H2,1-5H3,(H,17,21);1H. The second kappa shape index (κ2) is 10.9. The topological polar surface area (TPSA) is 88.0 Å². The van der Waals surface area contributed by atoms with Crippen molar-refractivity contribution in [3.63, 3.8) is 0 Å². The maximum absolute atomic E-state index is 12.3. The van der Waals surface area contributed by atoms with Crippen LogP contribution in [0.2, 0.25) is 0 Å². The van der Waals surface area contributed by atoms with Gasteiger partial charge in [-0.15, -0.1) is 12.4 Å². The summed E-state index contributed by atoms with van der Waals surface area (Å²) in [5.74, 6) is -0.363. The largest absolute Gasteiger partial charge is 0.372 e. The molecule has 9 heteroatoms. The fourth-order valence-corrected chi connectivity index (χ4v) is 2.46.